The molecule has 0 saturated carbocycles. The van der Waals surface area contributed by atoms with Crippen molar-refractivity contribution >= 4 is 33.0 Å². The monoisotopic (exact) mass is 1100 g/mol. The summed E-state index contributed by atoms with van der Waals surface area (Å²) in [6.07, 6.45) is 1.69. The molecule has 0 saturated heterocycles. The third-order valence-corrected chi connectivity index (χ3v) is 16.2. The van der Waals surface area contributed by atoms with Gasteiger partial charge in [0.2, 0.25) is 0 Å². The predicted molar refractivity (Wildman–Crippen MR) is 341 cm³/mol. The molecule has 0 unspecified atom stereocenters. The standard InChI is InChI=1S/C76H64F2N4O2/c1-45(2)63-37-56(50-20-13-10-14-21-50)38-64(46(3)4)73(63)81-69-25-16-15-24-67(69)79-75(81)54-22-17-23-61(36-54)84-72-43-58(42-71-62(72)32-33-83-71)76-80-68-41-53(55-34-59(77)44-60(78)35-55)30-31-70(68)82(76)74-65(47(5)6)39-57(40-66(74)48(7)8)52-28-26-51(27-29-52)49-18-11-9-12-19-49/h9-48H,1-8H3. The highest BCUT2D eigenvalue weighted by Gasteiger charge is 2.27. The van der Waals surface area contributed by atoms with Gasteiger partial charge in [0.25, 0.3) is 0 Å². The van der Waals surface area contributed by atoms with Crippen molar-refractivity contribution in [1.82, 2.24) is 19.1 Å². The molecule has 0 aliphatic rings. The lowest BCUT2D eigenvalue weighted by Gasteiger charge is -2.24. The molecule has 0 fully saturated rings. The van der Waals surface area contributed by atoms with Crippen LogP contribution >= 0.6 is 0 Å². The van der Waals surface area contributed by atoms with Crippen molar-refractivity contribution in [2.75, 3.05) is 0 Å². The Bertz CT molecular complexity index is 4530. The number of benzene rings is 10. The summed E-state index contributed by atoms with van der Waals surface area (Å²) in [5.41, 5.74) is 20.7. The summed E-state index contributed by atoms with van der Waals surface area (Å²) < 4.78 is 47.7. The van der Waals surface area contributed by atoms with Gasteiger partial charge in [-0.05, 0) is 181 Å². The molecule has 0 atom stereocenters. The number of hydrogen-bond acceptors (Lipinski definition) is 4. The number of nitrogens with zero attached hydrogens (tertiary/aromatic N) is 4. The van der Waals surface area contributed by atoms with E-state index in [1.165, 1.54) is 39.9 Å². The minimum Gasteiger partial charge on any atom is -0.464 e. The second-order valence-corrected chi connectivity index (χ2v) is 23.3. The maximum atomic E-state index is 14.8. The van der Waals surface area contributed by atoms with Crippen LogP contribution in [0.3, 0.4) is 0 Å². The van der Waals surface area contributed by atoms with Crippen molar-refractivity contribution in [2.45, 2.75) is 79.1 Å². The van der Waals surface area contributed by atoms with Gasteiger partial charge in [0.15, 0.2) is 0 Å². The molecule has 0 N–H and O–H groups in total. The number of fused-ring (bicyclic) bond motifs is 3. The number of ether oxygens (including phenoxy) is 1. The van der Waals surface area contributed by atoms with Crippen molar-refractivity contribution in [2.24, 2.45) is 0 Å². The Labute approximate surface area is 489 Å². The SMILES string of the molecule is CC(C)c1cc(-c2ccccc2)cc(C(C)C)c1-n1c(-c2cccc(Oc3cc(-c4nc5cc(-c6cc(F)cc(F)c6)ccc5n4-c4c(C(C)C)cc(-c5ccc(-c6ccccc6)cc5)cc4C(C)C)cc4occc34)c2)nc2ccccc21. The molecular formula is C76H64F2N4O2. The van der Waals surface area contributed by atoms with Gasteiger partial charge in [-0.1, -0.05) is 171 Å². The maximum Gasteiger partial charge on any atom is 0.146 e. The summed E-state index contributed by atoms with van der Waals surface area (Å²) in [5.74, 6) is 1.98. The molecule has 0 spiro atoms. The number of para-hydroxylation sites is 2. The van der Waals surface area contributed by atoms with Gasteiger partial charge < -0.3 is 9.15 Å². The predicted octanol–water partition coefficient (Wildman–Crippen LogP) is 21.7. The largest absolute Gasteiger partial charge is 0.464 e. The molecule has 3 heterocycles. The second-order valence-electron chi connectivity index (χ2n) is 23.3. The van der Waals surface area contributed by atoms with Crippen LogP contribution in [0.2, 0.25) is 0 Å². The van der Waals surface area contributed by atoms with Crippen molar-refractivity contribution < 1.29 is 17.9 Å². The zero-order valence-electron chi connectivity index (χ0n) is 48.5. The number of halogens is 2. The van der Waals surface area contributed by atoms with Gasteiger partial charge in [0, 0.05) is 17.2 Å². The van der Waals surface area contributed by atoms with E-state index in [0.29, 0.717) is 39.6 Å². The second kappa shape index (κ2) is 21.9. The first-order chi connectivity index (χ1) is 40.7. The van der Waals surface area contributed by atoms with Gasteiger partial charge in [0.1, 0.15) is 40.4 Å². The summed E-state index contributed by atoms with van der Waals surface area (Å²) in [5, 5.41) is 0.796. The van der Waals surface area contributed by atoms with Gasteiger partial charge in [-0.25, -0.2) is 18.7 Å². The van der Waals surface area contributed by atoms with E-state index in [-0.39, 0.29) is 23.7 Å². The zero-order valence-corrected chi connectivity index (χ0v) is 48.5. The molecule has 13 aromatic rings. The topological polar surface area (TPSA) is 58.0 Å². The van der Waals surface area contributed by atoms with Crippen LogP contribution in [0.5, 0.6) is 11.5 Å². The molecule has 13 rings (SSSR count). The van der Waals surface area contributed by atoms with Crippen LogP contribution in [0, 0.1) is 11.6 Å². The lowest BCUT2D eigenvalue weighted by molar-refractivity contribution is 0.488. The van der Waals surface area contributed by atoms with Gasteiger partial charge in [-0.15, -0.1) is 0 Å². The third kappa shape index (κ3) is 9.95. The molecule has 414 valence electrons. The Balaban J connectivity index is 0.967. The van der Waals surface area contributed by atoms with E-state index in [1.54, 1.807) is 6.26 Å². The fraction of sp³-hybridized carbons (Fsp3) is 0.158. The average molecular weight is 1100 g/mol. The Kier molecular flexibility index (Phi) is 14.0. The minimum atomic E-state index is -0.646. The molecule has 0 bridgehead atoms. The van der Waals surface area contributed by atoms with Crippen molar-refractivity contribution in [3.8, 4) is 90.2 Å². The Morgan fingerprint density at radius 1 is 0.369 bits per heavy atom. The normalized spacial score (nSPS) is 11.9. The summed E-state index contributed by atoms with van der Waals surface area (Å²) >= 11 is 0. The van der Waals surface area contributed by atoms with E-state index in [0.717, 1.165) is 84.1 Å². The van der Waals surface area contributed by atoms with Crippen molar-refractivity contribution in [3.05, 3.63) is 252 Å². The van der Waals surface area contributed by atoms with E-state index < -0.39 is 11.6 Å². The Morgan fingerprint density at radius 2 is 0.833 bits per heavy atom. The summed E-state index contributed by atoms with van der Waals surface area (Å²) in [4.78, 5) is 10.9. The highest BCUT2D eigenvalue weighted by atomic mass is 19.1. The van der Waals surface area contributed by atoms with E-state index in [4.69, 9.17) is 19.1 Å². The zero-order chi connectivity index (χ0) is 57.9. The first-order valence-electron chi connectivity index (χ1n) is 29.1. The number of rotatable bonds is 14. The van der Waals surface area contributed by atoms with E-state index in [9.17, 15) is 8.78 Å². The molecule has 0 aliphatic heterocycles. The van der Waals surface area contributed by atoms with E-state index >= 15 is 0 Å². The third-order valence-electron chi connectivity index (χ3n) is 16.2. The fourth-order valence-corrected chi connectivity index (χ4v) is 12.0. The molecule has 0 amide bonds. The van der Waals surface area contributed by atoms with Crippen molar-refractivity contribution in [3.63, 3.8) is 0 Å². The van der Waals surface area contributed by atoms with Gasteiger partial charge in [0.05, 0.1) is 45.1 Å². The molecule has 0 aliphatic carbocycles. The molecule has 3 aromatic heterocycles. The molecule has 10 aromatic carbocycles. The molecule has 8 heteroatoms. The van der Waals surface area contributed by atoms with Crippen LogP contribution in [0.25, 0.3) is 112 Å². The lowest BCUT2D eigenvalue weighted by atomic mass is 9.87. The molecule has 0 radical (unpaired) electrons. The molecular weight excluding hydrogens is 1040 g/mol. The maximum absolute atomic E-state index is 14.8. The Hall–Kier alpha value is -9.66. The van der Waals surface area contributed by atoms with Crippen molar-refractivity contribution in [1.29, 1.82) is 0 Å². The van der Waals surface area contributed by atoms with Crippen LogP contribution in [0.15, 0.2) is 223 Å². The molecule has 84 heavy (non-hydrogen) atoms. The Morgan fingerprint density at radius 3 is 1.42 bits per heavy atom. The van der Waals surface area contributed by atoms with Crippen LogP contribution in [-0.4, -0.2) is 19.1 Å². The number of imidazole rings is 2. The quantitative estimate of drug-likeness (QED) is 0.109. The van der Waals surface area contributed by atoms with Gasteiger partial charge in [-0.2, -0.15) is 0 Å². The van der Waals surface area contributed by atoms with Gasteiger partial charge >= 0.3 is 0 Å². The first kappa shape index (κ1) is 53.6. The highest BCUT2D eigenvalue weighted by Crippen LogP contribution is 2.45. The first-order valence-corrected chi connectivity index (χ1v) is 29.1. The summed E-state index contributed by atoms with van der Waals surface area (Å²) in [7, 11) is 0. The van der Waals surface area contributed by atoms with Gasteiger partial charge in [-0.3, -0.25) is 9.13 Å². The highest BCUT2D eigenvalue weighted by molar-refractivity contribution is 5.93. The summed E-state index contributed by atoms with van der Waals surface area (Å²) in [6, 6.07) is 71.3. The summed E-state index contributed by atoms with van der Waals surface area (Å²) in [6.45, 7) is 18.0. The average Bonchev–Trinajstić information content (AvgIpc) is 2.32. The smallest absolute Gasteiger partial charge is 0.146 e. The van der Waals surface area contributed by atoms with E-state index in [1.807, 2.05) is 60.7 Å². The fourth-order valence-electron chi connectivity index (χ4n) is 12.0. The lowest BCUT2D eigenvalue weighted by Crippen LogP contribution is -2.09. The minimum absolute atomic E-state index is 0.0929. The van der Waals surface area contributed by atoms with Crippen LogP contribution in [0.1, 0.15) is 101 Å². The van der Waals surface area contributed by atoms with Crippen LogP contribution in [0.4, 0.5) is 8.78 Å². The van der Waals surface area contributed by atoms with Crippen LogP contribution < -0.4 is 4.74 Å². The number of furan rings is 1. The van der Waals surface area contributed by atoms with E-state index in [2.05, 4.69) is 198 Å². The number of aromatic nitrogens is 4. The van der Waals surface area contributed by atoms with Crippen LogP contribution in [-0.2, 0) is 0 Å². The molecule has 6 nitrogen and oxygen atoms in total. The number of hydrogen-bond donors (Lipinski definition) is 0.